The molecule has 0 aromatic heterocycles. The van der Waals surface area contributed by atoms with Crippen molar-refractivity contribution >= 4 is 43.5 Å². The molecule has 0 spiro atoms. The topological polar surface area (TPSA) is 38.3 Å². The third kappa shape index (κ3) is 4.05. The number of rotatable bonds is 4. The van der Waals surface area contributed by atoms with Gasteiger partial charge in [0.15, 0.2) is 18.2 Å². The highest BCUT2D eigenvalue weighted by molar-refractivity contribution is 9.10. The van der Waals surface area contributed by atoms with Gasteiger partial charge in [-0.2, -0.15) is 0 Å². The van der Waals surface area contributed by atoms with Crippen LogP contribution in [-0.4, -0.2) is 12.5 Å². The molecular formula is C14H10Br2FNO2. The van der Waals surface area contributed by atoms with Crippen molar-refractivity contribution < 1.29 is 13.9 Å². The molecule has 0 heterocycles. The van der Waals surface area contributed by atoms with Gasteiger partial charge >= 0.3 is 0 Å². The molecule has 0 aliphatic carbocycles. The molecule has 0 saturated heterocycles. The Morgan fingerprint density at radius 1 is 1.20 bits per heavy atom. The van der Waals surface area contributed by atoms with E-state index in [-0.39, 0.29) is 18.3 Å². The number of hydrogen-bond acceptors (Lipinski definition) is 2. The zero-order valence-electron chi connectivity index (χ0n) is 10.2. The molecule has 0 atom stereocenters. The number of amides is 1. The number of anilines is 1. The Bertz CT molecular complexity index is 634. The second-order valence-electron chi connectivity index (χ2n) is 3.89. The van der Waals surface area contributed by atoms with Crippen LogP contribution in [0.5, 0.6) is 5.75 Å². The van der Waals surface area contributed by atoms with Gasteiger partial charge in [-0.25, -0.2) is 4.39 Å². The van der Waals surface area contributed by atoms with Crippen LogP contribution in [0.1, 0.15) is 0 Å². The third-order valence-corrected chi connectivity index (χ3v) is 3.59. The summed E-state index contributed by atoms with van der Waals surface area (Å²) in [6.45, 7) is -0.264. The van der Waals surface area contributed by atoms with Crippen LogP contribution in [0, 0.1) is 5.82 Å². The predicted octanol–water partition coefficient (Wildman–Crippen LogP) is 4.37. The number of para-hydroxylation sites is 1. The van der Waals surface area contributed by atoms with E-state index in [2.05, 4.69) is 37.2 Å². The van der Waals surface area contributed by atoms with Crippen molar-refractivity contribution in [1.82, 2.24) is 0 Å². The van der Waals surface area contributed by atoms with Gasteiger partial charge in [-0.3, -0.25) is 4.79 Å². The first-order valence-electron chi connectivity index (χ1n) is 5.68. The molecule has 0 unspecified atom stereocenters. The Morgan fingerprint density at radius 2 is 1.95 bits per heavy atom. The normalized spacial score (nSPS) is 10.2. The third-order valence-electron chi connectivity index (χ3n) is 2.40. The zero-order valence-corrected chi connectivity index (χ0v) is 13.4. The van der Waals surface area contributed by atoms with Crippen molar-refractivity contribution in [2.24, 2.45) is 0 Å². The van der Waals surface area contributed by atoms with Gasteiger partial charge < -0.3 is 10.1 Å². The Labute approximate surface area is 132 Å². The second kappa shape index (κ2) is 6.85. The summed E-state index contributed by atoms with van der Waals surface area (Å²) in [4.78, 5) is 11.7. The molecule has 104 valence electrons. The van der Waals surface area contributed by atoms with Crippen molar-refractivity contribution in [1.29, 1.82) is 0 Å². The first-order valence-corrected chi connectivity index (χ1v) is 7.27. The van der Waals surface area contributed by atoms with Crippen molar-refractivity contribution in [2.75, 3.05) is 11.9 Å². The van der Waals surface area contributed by atoms with E-state index < -0.39 is 5.82 Å². The van der Waals surface area contributed by atoms with Crippen LogP contribution < -0.4 is 10.1 Å². The Balaban J connectivity index is 1.94. The van der Waals surface area contributed by atoms with Gasteiger partial charge in [0.05, 0.1) is 5.69 Å². The minimum atomic E-state index is -0.520. The summed E-state index contributed by atoms with van der Waals surface area (Å²) in [6.07, 6.45) is 0. The molecule has 20 heavy (non-hydrogen) atoms. The molecule has 0 radical (unpaired) electrons. The van der Waals surface area contributed by atoms with E-state index in [9.17, 15) is 9.18 Å². The van der Waals surface area contributed by atoms with Crippen LogP contribution in [0.15, 0.2) is 51.4 Å². The summed E-state index contributed by atoms with van der Waals surface area (Å²) in [6, 6.07) is 11.6. The van der Waals surface area contributed by atoms with Crippen molar-refractivity contribution in [3.05, 3.63) is 57.2 Å². The van der Waals surface area contributed by atoms with Crippen LogP contribution in [-0.2, 0) is 4.79 Å². The zero-order chi connectivity index (χ0) is 14.5. The van der Waals surface area contributed by atoms with Gasteiger partial charge in [0, 0.05) is 8.95 Å². The lowest BCUT2D eigenvalue weighted by molar-refractivity contribution is -0.118. The van der Waals surface area contributed by atoms with E-state index in [4.69, 9.17) is 4.74 Å². The highest BCUT2D eigenvalue weighted by Gasteiger charge is 2.08. The first kappa shape index (κ1) is 15.0. The van der Waals surface area contributed by atoms with Crippen LogP contribution >= 0.6 is 31.9 Å². The molecule has 3 nitrogen and oxygen atoms in total. The molecule has 0 bridgehead atoms. The Hall–Kier alpha value is -1.40. The SMILES string of the molecule is O=C(COc1ccc(Br)cc1F)Nc1ccccc1Br. The van der Waals surface area contributed by atoms with Crippen molar-refractivity contribution in [3.63, 3.8) is 0 Å². The van der Waals surface area contributed by atoms with Gasteiger partial charge in [0.25, 0.3) is 5.91 Å². The van der Waals surface area contributed by atoms with Gasteiger partial charge in [-0.1, -0.05) is 28.1 Å². The minimum absolute atomic E-state index is 0.0375. The molecular weight excluding hydrogens is 393 g/mol. The highest BCUT2D eigenvalue weighted by atomic mass is 79.9. The fourth-order valence-corrected chi connectivity index (χ4v) is 2.20. The van der Waals surface area contributed by atoms with Crippen molar-refractivity contribution in [2.45, 2.75) is 0 Å². The maximum atomic E-state index is 13.5. The summed E-state index contributed by atoms with van der Waals surface area (Å²) in [5, 5.41) is 2.67. The van der Waals surface area contributed by atoms with E-state index in [1.807, 2.05) is 12.1 Å². The molecule has 1 N–H and O–H groups in total. The number of hydrogen-bond donors (Lipinski definition) is 1. The predicted molar refractivity (Wildman–Crippen MR) is 82.4 cm³/mol. The average molecular weight is 403 g/mol. The van der Waals surface area contributed by atoms with E-state index in [0.29, 0.717) is 10.2 Å². The lowest BCUT2D eigenvalue weighted by Gasteiger charge is -2.09. The summed E-state index contributed by atoms with van der Waals surface area (Å²) >= 11 is 6.47. The van der Waals surface area contributed by atoms with E-state index in [1.165, 1.54) is 12.1 Å². The standard InChI is InChI=1S/C14H10Br2FNO2/c15-9-5-6-13(11(17)7-9)20-8-14(19)18-12-4-2-1-3-10(12)16/h1-7H,8H2,(H,18,19). The number of carbonyl (C=O) groups is 1. The molecule has 2 aromatic carbocycles. The molecule has 2 aromatic rings. The lowest BCUT2D eigenvalue weighted by atomic mass is 10.3. The molecule has 0 aliphatic heterocycles. The number of ether oxygens (including phenoxy) is 1. The largest absolute Gasteiger partial charge is 0.481 e. The van der Waals surface area contributed by atoms with E-state index in [1.54, 1.807) is 18.2 Å². The maximum Gasteiger partial charge on any atom is 0.262 e. The summed E-state index contributed by atoms with van der Waals surface area (Å²) < 4.78 is 20.0. The maximum absolute atomic E-state index is 13.5. The van der Waals surface area contributed by atoms with Crippen LogP contribution in [0.3, 0.4) is 0 Å². The molecule has 2 rings (SSSR count). The molecule has 1 amide bonds. The van der Waals surface area contributed by atoms with Crippen LogP contribution in [0.4, 0.5) is 10.1 Å². The minimum Gasteiger partial charge on any atom is -0.481 e. The molecule has 0 aliphatic rings. The Kier molecular flexibility index (Phi) is 5.14. The number of nitrogens with one attached hydrogen (secondary N) is 1. The monoisotopic (exact) mass is 401 g/mol. The average Bonchev–Trinajstić information content (AvgIpc) is 2.40. The van der Waals surface area contributed by atoms with Gasteiger partial charge in [0.2, 0.25) is 0 Å². The number of halogens is 3. The molecule has 6 heteroatoms. The summed E-state index contributed by atoms with van der Waals surface area (Å²) in [7, 11) is 0. The van der Waals surface area contributed by atoms with Crippen LogP contribution in [0.2, 0.25) is 0 Å². The van der Waals surface area contributed by atoms with Crippen LogP contribution in [0.25, 0.3) is 0 Å². The second-order valence-corrected chi connectivity index (χ2v) is 5.66. The van der Waals surface area contributed by atoms with Gasteiger partial charge in [-0.15, -0.1) is 0 Å². The lowest BCUT2D eigenvalue weighted by Crippen LogP contribution is -2.20. The number of benzene rings is 2. The van der Waals surface area contributed by atoms with Gasteiger partial charge in [0.1, 0.15) is 0 Å². The fourth-order valence-electron chi connectivity index (χ4n) is 1.48. The van der Waals surface area contributed by atoms with Crippen molar-refractivity contribution in [3.8, 4) is 5.75 Å². The highest BCUT2D eigenvalue weighted by Crippen LogP contribution is 2.22. The summed E-state index contributed by atoms with van der Waals surface area (Å²) in [5.74, 6) is -0.845. The Morgan fingerprint density at radius 3 is 2.65 bits per heavy atom. The fraction of sp³-hybridized carbons (Fsp3) is 0.0714. The quantitative estimate of drug-likeness (QED) is 0.824. The van der Waals surface area contributed by atoms with E-state index in [0.717, 1.165) is 4.47 Å². The van der Waals surface area contributed by atoms with E-state index >= 15 is 0 Å². The smallest absolute Gasteiger partial charge is 0.262 e. The molecule has 0 fully saturated rings. The summed E-state index contributed by atoms with van der Waals surface area (Å²) in [5.41, 5.74) is 0.636. The first-order chi connectivity index (χ1) is 9.56. The van der Waals surface area contributed by atoms with Gasteiger partial charge in [-0.05, 0) is 46.3 Å². The number of carbonyl (C=O) groups excluding carboxylic acids is 1. The molecule has 0 saturated carbocycles.